The van der Waals surface area contributed by atoms with Crippen molar-refractivity contribution in [2.45, 2.75) is 87.5 Å². The summed E-state index contributed by atoms with van der Waals surface area (Å²) in [6.07, 6.45) is -0.000242. The third-order valence-electron chi connectivity index (χ3n) is 9.39. The Morgan fingerprint density at radius 2 is 1.90 bits per heavy atom. The van der Waals surface area contributed by atoms with E-state index >= 15 is 0 Å². The number of hydrogen-bond donors (Lipinski definition) is 3. The number of carbonyl (C=O) groups excluding carboxylic acids is 1. The second kappa shape index (κ2) is 13.4. The second-order valence-electron chi connectivity index (χ2n) is 13.8. The maximum atomic E-state index is 14.2. The fourth-order valence-electron chi connectivity index (χ4n) is 6.99. The quantitative estimate of drug-likeness (QED) is 0.232. The molecule has 1 aromatic heterocycles. The Hall–Kier alpha value is -2.95. The summed E-state index contributed by atoms with van der Waals surface area (Å²) in [6, 6.07) is 6.94. The van der Waals surface area contributed by atoms with Gasteiger partial charge in [0.15, 0.2) is 11.4 Å². The van der Waals surface area contributed by atoms with Crippen LogP contribution in [0.25, 0.3) is 10.2 Å². The number of fused-ring (bicyclic) bond motifs is 3. The highest BCUT2D eigenvalue weighted by Crippen LogP contribution is 2.46. The van der Waals surface area contributed by atoms with Gasteiger partial charge in [0.25, 0.3) is 0 Å². The van der Waals surface area contributed by atoms with Crippen LogP contribution < -0.4 is 10.6 Å². The van der Waals surface area contributed by atoms with Crippen LogP contribution in [0.4, 0.5) is 18.7 Å². The number of nitrogens with one attached hydrogen (secondary N) is 2. The van der Waals surface area contributed by atoms with Gasteiger partial charge in [0.1, 0.15) is 17.7 Å². The van der Waals surface area contributed by atoms with E-state index in [1.165, 1.54) is 21.7 Å². The Balaban J connectivity index is 1.11. The van der Waals surface area contributed by atoms with Gasteiger partial charge in [-0.3, -0.25) is 0 Å². The van der Waals surface area contributed by atoms with E-state index in [2.05, 4.69) is 15.6 Å². The molecule has 4 fully saturated rings. The summed E-state index contributed by atoms with van der Waals surface area (Å²) in [4.78, 5) is 18.0. The van der Waals surface area contributed by atoms with E-state index < -0.39 is 52.5 Å². The zero-order chi connectivity index (χ0) is 33.7. The molecule has 3 bridgehead atoms. The molecule has 0 radical (unpaired) electrons. The van der Waals surface area contributed by atoms with Crippen LogP contribution in [-0.2, 0) is 30.7 Å². The van der Waals surface area contributed by atoms with E-state index in [0.29, 0.717) is 29.3 Å². The molecule has 48 heavy (non-hydrogen) atoms. The Morgan fingerprint density at radius 1 is 1.12 bits per heavy atom. The number of sulfonamides is 1. The number of rotatable bonds is 13. The molecular formula is C33H40F2N4O7S2. The van der Waals surface area contributed by atoms with Crippen LogP contribution in [0.15, 0.2) is 41.3 Å². The molecule has 0 spiro atoms. The number of anilines is 1. The SMILES string of the molecule is CC(C)CN(C[C@@H](O)[C@H](Cc1cc(F)cc(F)c1)NC(=O)OC1C2COC3OC1CC3C2)S(=O)(=O)c1ccc2nc(NC3CC3)sc2c1. The fourth-order valence-corrected chi connectivity index (χ4v) is 9.70. The molecule has 3 N–H and O–H groups in total. The Labute approximate surface area is 282 Å². The smallest absolute Gasteiger partial charge is 0.407 e. The monoisotopic (exact) mass is 706 g/mol. The van der Waals surface area contributed by atoms with Gasteiger partial charge in [-0.15, -0.1) is 0 Å². The van der Waals surface area contributed by atoms with Gasteiger partial charge in [-0.25, -0.2) is 27.0 Å². The molecule has 2 saturated heterocycles. The lowest BCUT2D eigenvalue weighted by atomic mass is 9.78. The Kier molecular flexibility index (Phi) is 9.36. The number of carbonyl (C=O) groups is 1. The van der Waals surface area contributed by atoms with Crippen molar-refractivity contribution in [2.24, 2.45) is 17.8 Å². The zero-order valence-corrected chi connectivity index (χ0v) is 28.3. The molecule has 4 aliphatic rings. The largest absolute Gasteiger partial charge is 0.443 e. The van der Waals surface area contributed by atoms with E-state index in [1.54, 1.807) is 12.1 Å². The van der Waals surface area contributed by atoms with Crippen molar-refractivity contribution < 1.29 is 41.3 Å². The lowest BCUT2D eigenvalue weighted by Gasteiger charge is -2.37. The summed E-state index contributed by atoms with van der Waals surface area (Å²) in [6.45, 7) is 3.80. The van der Waals surface area contributed by atoms with Crippen molar-refractivity contribution in [3.05, 3.63) is 53.6 Å². The van der Waals surface area contributed by atoms with Gasteiger partial charge in [0.05, 0.1) is 40.0 Å². The van der Waals surface area contributed by atoms with Gasteiger partial charge in [-0.2, -0.15) is 4.31 Å². The molecule has 3 heterocycles. The normalized spacial score (nSPS) is 26.3. The van der Waals surface area contributed by atoms with Gasteiger partial charge in [-0.05, 0) is 73.9 Å². The van der Waals surface area contributed by atoms with Crippen molar-refractivity contribution in [3.63, 3.8) is 0 Å². The lowest BCUT2D eigenvalue weighted by Crippen LogP contribution is -2.53. The van der Waals surface area contributed by atoms with E-state index in [4.69, 9.17) is 14.2 Å². The van der Waals surface area contributed by atoms with Crippen LogP contribution in [0.5, 0.6) is 0 Å². The van der Waals surface area contributed by atoms with Gasteiger partial charge in [0.2, 0.25) is 10.0 Å². The van der Waals surface area contributed by atoms with Crippen LogP contribution in [0, 0.1) is 29.4 Å². The number of aliphatic hydroxyl groups excluding tert-OH is 1. The molecule has 7 atom stereocenters. The summed E-state index contributed by atoms with van der Waals surface area (Å²) in [5.74, 6) is -1.51. The summed E-state index contributed by atoms with van der Waals surface area (Å²) in [5.41, 5.74) is 0.854. The minimum atomic E-state index is -4.13. The van der Waals surface area contributed by atoms with Crippen molar-refractivity contribution >= 4 is 42.8 Å². The van der Waals surface area contributed by atoms with E-state index in [0.717, 1.165) is 42.6 Å². The standard InChI is InChI=1S/C33H40F2N4O7S2/c1-17(2)14-39(48(42,43)24-5-6-25-29(13-24)47-32(37-25)36-23-3-4-23)15-27(40)26(9-18-7-21(34)12-22(35)8-18)38-33(41)46-30-20-10-19-11-28(30)45-31(19)44-16-20/h5-8,12-13,17,19-20,23,26-28,30-31,40H,3-4,9-11,14-16H2,1-2H3,(H,36,37)(H,38,41)/t19?,20?,26-,27+,28?,30?,31?/m0/s1. The molecule has 2 saturated carbocycles. The first-order valence-electron chi connectivity index (χ1n) is 16.5. The molecule has 15 heteroatoms. The number of aliphatic hydroxyl groups is 1. The Morgan fingerprint density at radius 3 is 2.62 bits per heavy atom. The average molecular weight is 707 g/mol. The number of thiazole rings is 1. The van der Waals surface area contributed by atoms with Crippen molar-refractivity contribution in [1.82, 2.24) is 14.6 Å². The third-order valence-corrected chi connectivity index (χ3v) is 12.2. The molecule has 2 aliphatic carbocycles. The van der Waals surface area contributed by atoms with Crippen LogP contribution in [0.2, 0.25) is 0 Å². The minimum Gasteiger partial charge on any atom is -0.443 e. The van der Waals surface area contributed by atoms with E-state index in [1.807, 2.05) is 13.8 Å². The summed E-state index contributed by atoms with van der Waals surface area (Å²) < 4.78 is 75.9. The summed E-state index contributed by atoms with van der Waals surface area (Å²) >= 11 is 1.38. The predicted octanol–water partition coefficient (Wildman–Crippen LogP) is 4.64. The highest BCUT2D eigenvalue weighted by Gasteiger charge is 2.53. The number of aromatic nitrogens is 1. The molecule has 1 amide bonds. The average Bonchev–Trinajstić information content (AvgIpc) is 3.65. The van der Waals surface area contributed by atoms with Crippen LogP contribution in [-0.4, -0.2) is 85.3 Å². The van der Waals surface area contributed by atoms with Gasteiger partial charge in [-0.1, -0.05) is 25.2 Å². The van der Waals surface area contributed by atoms with Crippen LogP contribution >= 0.6 is 11.3 Å². The highest BCUT2D eigenvalue weighted by atomic mass is 32.2. The van der Waals surface area contributed by atoms with Crippen molar-refractivity contribution in [2.75, 3.05) is 25.0 Å². The molecule has 3 aromatic rings. The second-order valence-corrected chi connectivity index (χ2v) is 16.8. The number of benzene rings is 2. The first kappa shape index (κ1) is 33.5. The maximum absolute atomic E-state index is 14.2. The molecule has 7 rings (SSSR count). The van der Waals surface area contributed by atoms with Crippen LogP contribution in [0.3, 0.4) is 0 Å². The molecule has 5 unspecified atom stereocenters. The molecular weight excluding hydrogens is 667 g/mol. The van der Waals surface area contributed by atoms with Crippen molar-refractivity contribution in [3.8, 4) is 0 Å². The van der Waals surface area contributed by atoms with E-state index in [-0.39, 0.29) is 53.6 Å². The number of ether oxygens (including phenoxy) is 3. The molecule has 2 aromatic carbocycles. The molecule has 260 valence electrons. The fraction of sp³-hybridized carbons (Fsp3) is 0.576. The predicted molar refractivity (Wildman–Crippen MR) is 174 cm³/mol. The van der Waals surface area contributed by atoms with Gasteiger partial charge < -0.3 is 30.0 Å². The third kappa shape index (κ3) is 7.31. The van der Waals surface area contributed by atoms with Crippen LogP contribution in [0.1, 0.15) is 45.1 Å². The molecule has 11 nitrogen and oxygen atoms in total. The van der Waals surface area contributed by atoms with Gasteiger partial charge >= 0.3 is 6.09 Å². The minimum absolute atomic E-state index is 0.0398. The highest BCUT2D eigenvalue weighted by molar-refractivity contribution is 7.89. The summed E-state index contributed by atoms with van der Waals surface area (Å²) in [7, 11) is -4.13. The first-order valence-corrected chi connectivity index (χ1v) is 18.7. The number of alkyl carbamates (subject to hydrolysis) is 1. The zero-order valence-electron chi connectivity index (χ0n) is 26.7. The number of nitrogens with zero attached hydrogens (tertiary/aromatic N) is 2. The van der Waals surface area contributed by atoms with Gasteiger partial charge in [0, 0.05) is 37.0 Å². The summed E-state index contributed by atoms with van der Waals surface area (Å²) in [5, 5.41) is 18.4. The molecule has 2 aliphatic heterocycles. The maximum Gasteiger partial charge on any atom is 0.407 e. The number of halogens is 2. The number of amides is 1. The van der Waals surface area contributed by atoms with Crippen molar-refractivity contribution in [1.29, 1.82) is 0 Å². The van der Waals surface area contributed by atoms with E-state index in [9.17, 15) is 27.1 Å². The first-order chi connectivity index (χ1) is 22.9. The lowest BCUT2D eigenvalue weighted by molar-refractivity contribution is -0.153. The Bertz CT molecular complexity index is 1740. The number of hydrogen-bond acceptors (Lipinski definition) is 10. The topological polar surface area (TPSA) is 139 Å².